The number of anilines is 1. The Labute approximate surface area is 198 Å². The van der Waals surface area contributed by atoms with Crippen LogP contribution in [0.5, 0.6) is 17.2 Å². The van der Waals surface area contributed by atoms with Crippen molar-refractivity contribution in [3.63, 3.8) is 0 Å². The molecule has 2 amide bonds. The van der Waals surface area contributed by atoms with Gasteiger partial charge in [0.1, 0.15) is 5.75 Å². The fourth-order valence-electron chi connectivity index (χ4n) is 4.82. The zero-order valence-electron chi connectivity index (χ0n) is 19.0. The lowest BCUT2D eigenvalue weighted by Crippen LogP contribution is -2.57. The highest BCUT2D eigenvalue weighted by atomic mass is 16.7. The van der Waals surface area contributed by atoms with Crippen LogP contribution in [-0.2, 0) is 16.0 Å². The van der Waals surface area contributed by atoms with Crippen molar-refractivity contribution in [1.82, 2.24) is 10.2 Å². The standard InChI is InChI=1S/C26H29N3O5/c30-25(27-19-11-12-23-24(14-19)34-17-33-23)15-29-13-5-8-20-21(29)9-3-1-6-18-7-2-4-10-22(18)32-16-26(31)28-20/h1-4,7,10-12,14,20-21H,5-6,8-9,13,15-17H2,(H,27,30)(H,28,31)/b3-1+/t20-,21-/m1/s1. The number of hydrogen-bond acceptors (Lipinski definition) is 6. The molecule has 2 aromatic carbocycles. The van der Waals surface area contributed by atoms with Crippen LogP contribution in [0.2, 0.25) is 0 Å². The molecule has 3 aliphatic heterocycles. The SMILES string of the molecule is O=C(CN1CCC[C@H]2NC(=O)COc3ccccc3C/C=C/C[C@H]21)Nc1ccc2c(c1)OCO2. The second kappa shape index (κ2) is 10.2. The fourth-order valence-corrected chi connectivity index (χ4v) is 4.82. The van der Waals surface area contributed by atoms with E-state index in [2.05, 4.69) is 27.7 Å². The van der Waals surface area contributed by atoms with Crippen molar-refractivity contribution in [2.45, 2.75) is 37.8 Å². The first-order valence-corrected chi connectivity index (χ1v) is 11.7. The number of hydrogen-bond donors (Lipinski definition) is 2. The molecule has 1 saturated heterocycles. The molecular formula is C26H29N3O5. The third-order valence-electron chi connectivity index (χ3n) is 6.46. The number of amides is 2. The van der Waals surface area contributed by atoms with Crippen LogP contribution >= 0.6 is 0 Å². The number of carbonyl (C=O) groups is 2. The van der Waals surface area contributed by atoms with Crippen molar-refractivity contribution < 1.29 is 23.8 Å². The summed E-state index contributed by atoms with van der Waals surface area (Å²) in [6.07, 6.45) is 7.57. The molecule has 8 nitrogen and oxygen atoms in total. The predicted octanol–water partition coefficient (Wildman–Crippen LogP) is 2.88. The van der Waals surface area contributed by atoms with E-state index in [0.717, 1.165) is 43.5 Å². The van der Waals surface area contributed by atoms with Gasteiger partial charge in [-0.3, -0.25) is 14.5 Å². The Hall–Kier alpha value is -3.52. The van der Waals surface area contributed by atoms with E-state index in [1.165, 1.54) is 0 Å². The van der Waals surface area contributed by atoms with E-state index in [-0.39, 0.29) is 43.8 Å². The molecule has 0 aliphatic carbocycles. The Balaban J connectivity index is 1.27. The van der Waals surface area contributed by atoms with Crippen LogP contribution in [0.1, 0.15) is 24.8 Å². The molecule has 0 radical (unpaired) electrons. The van der Waals surface area contributed by atoms with Gasteiger partial charge in [0, 0.05) is 23.8 Å². The van der Waals surface area contributed by atoms with Crippen molar-refractivity contribution in [1.29, 1.82) is 0 Å². The molecule has 0 spiro atoms. The molecule has 2 atom stereocenters. The molecule has 178 valence electrons. The number of allylic oxidation sites excluding steroid dienone is 1. The number of nitrogens with one attached hydrogen (secondary N) is 2. The maximum Gasteiger partial charge on any atom is 0.258 e. The molecule has 0 bridgehead atoms. The number of carbonyl (C=O) groups excluding carboxylic acids is 2. The van der Waals surface area contributed by atoms with Gasteiger partial charge in [-0.1, -0.05) is 30.4 Å². The number of benzene rings is 2. The molecule has 2 N–H and O–H groups in total. The number of fused-ring (bicyclic) bond motifs is 3. The van der Waals surface area contributed by atoms with E-state index in [1.807, 2.05) is 24.3 Å². The Kier molecular flexibility index (Phi) is 6.67. The van der Waals surface area contributed by atoms with Gasteiger partial charge in [-0.2, -0.15) is 0 Å². The van der Waals surface area contributed by atoms with Crippen molar-refractivity contribution >= 4 is 17.5 Å². The molecule has 3 aliphatic rings. The van der Waals surface area contributed by atoms with E-state index < -0.39 is 0 Å². The largest absolute Gasteiger partial charge is 0.483 e. The average molecular weight is 464 g/mol. The van der Waals surface area contributed by atoms with Gasteiger partial charge in [-0.25, -0.2) is 0 Å². The molecule has 1 fully saturated rings. The summed E-state index contributed by atoms with van der Waals surface area (Å²) in [4.78, 5) is 27.7. The highest BCUT2D eigenvalue weighted by molar-refractivity contribution is 5.92. The summed E-state index contributed by atoms with van der Waals surface area (Å²) in [5.41, 5.74) is 1.72. The molecule has 0 unspecified atom stereocenters. The minimum Gasteiger partial charge on any atom is -0.483 e. The van der Waals surface area contributed by atoms with Gasteiger partial charge < -0.3 is 24.8 Å². The molecule has 5 rings (SSSR count). The predicted molar refractivity (Wildman–Crippen MR) is 127 cm³/mol. The third kappa shape index (κ3) is 5.17. The summed E-state index contributed by atoms with van der Waals surface area (Å²) in [5.74, 6) is 1.81. The summed E-state index contributed by atoms with van der Waals surface area (Å²) < 4.78 is 16.5. The van der Waals surface area contributed by atoms with Crippen LogP contribution in [0.3, 0.4) is 0 Å². The van der Waals surface area contributed by atoms with Gasteiger partial charge in [-0.05, 0) is 56.0 Å². The Morgan fingerprint density at radius 2 is 1.94 bits per heavy atom. The maximum absolute atomic E-state index is 12.9. The summed E-state index contributed by atoms with van der Waals surface area (Å²) in [6.45, 7) is 1.23. The molecule has 2 aromatic rings. The van der Waals surface area contributed by atoms with E-state index in [0.29, 0.717) is 17.2 Å². The quantitative estimate of drug-likeness (QED) is 0.681. The highest BCUT2D eigenvalue weighted by Gasteiger charge is 2.33. The van der Waals surface area contributed by atoms with E-state index in [9.17, 15) is 9.59 Å². The molecular weight excluding hydrogens is 434 g/mol. The highest BCUT2D eigenvalue weighted by Crippen LogP contribution is 2.34. The zero-order chi connectivity index (χ0) is 23.3. The number of ether oxygens (including phenoxy) is 3. The first-order chi connectivity index (χ1) is 16.7. The van der Waals surface area contributed by atoms with Crippen LogP contribution < -0.4 is 24.8 Å². The lowest BCUT2D eigenvalue weighted by molar-refractivity contribution is -0.124. The lowest BCUT2D eigenvalue weighted by Gasteiger charge is -2.41. The molecule has 0 saturated carbocycles. The summed E-state index contributed by atoms with van der Waals surface area (Å²) in [6, 6.07) is 13.2. The number of nitrogens with zero attached hydrogens (tertiary/aromatic N) is 1. The van der Waals surface area contributed by atoms with E-state index in [4.69, 9.17) is 14.2 Å². The number of likely N-dealkylation sites (tertiary alicyclic amines) is 1. The van der Waals surface area contributed by atoms with E-state index in [1.54, 1.807) is 18.2 Å². The lowest BCUT2D eigenvalue weighted by atomic mass is 9.92. The van der Waals surface area contributed by atoms with Gasteiger partial charge in [0.15, 0.2) is 18.1 Å². The topological polar surface area (TPSA) is 89.1 Å². The summed E-state index contributed by atoms with van der Waals surface area (Å²) >= 11 is 0. The Morgan fingerprint density at radius 1 is 1.06 bits per heavy atom. The number of rotatable bonds is 3. The molecule has 34 heavy (non-hydrogen) atoms. The first kappa shape index (κ1) is 22.3. The summed E-state index contributed by atoms with van der Waals surface area (Å²) in [7, 11) is 0. The molecule has 8 heteroatoms. The number of para-hydroxylation sites is 1. The molecule has 0 aromatic heterocycles. The average Bonchev–Trinajstić information content (AvgIpc) is 3.29. The second-order valence-electron chi connectivity index (χ2n) is 8.78. The number of piperidine rings is 1. The van der Waals surface area contributed by atoms with Gasteiger partial charge >= 0.3 is 0 Å². The van der Waals surface area contributed by atoms with Crippen molar-refractivity contribution in [2.24, 2.45) is 0 Å². The van der Waals surface area contributed by atoms with Crippen molar-refractivity contribution in [2.75, 3.05) is 31.8 Å². The monoisotopic (exact) mass is 463 g/mol. The maximum atomic E-state index is 12.9. The van der Waals surface area contributed by atoms with Crippen LogP contribution in [-0.4, -0.2) is 55.3 Å². The Bertz CT molecular complexity index is 1090. The molecule has 3 heterocycles. The van der Waals surface area contributed by atoms with Crippen LogP contribution in [0.25, 0.3) is 0 Å². The van der Waals surface area contributed by atoms with Gasteiger partial charge in [0.05, 0.1) is 6.54 Å². The van der Waals surface area contributed by atoms with Gasteiger partial charge in [0.2, 0.25) is 12.7 Å². The first-order valence-electron chi connectivity index (χ1n) is 11.7. The third-order valence-corrected chi connectivity index (χ3v) is 6.46. The second-order valence-corrected chi connectivity index (χ2v) is 8.78. The van der Waals surface area contributed by atoms with E-state index >= 15 is 0 Å². The van der Waals surface area contributed by atoms with Crippen LogP contribution in [0.4, 0.5) is 5.69 Å². The Morgan fingerprint density at radius 3 is 2.88 bits per heavy atom. The van der Waals surface area contributed by atoms with Gasteiger partial charge in [0.25, 0.3) is 5.91 Å². The minimum atomic E-state index is -0.138. The van der Waals surface area contributed by atoms with Gasteiger partial charge in [-0.15, -0.1) is 0 Å². The van der Waals surface area contributed by atoms with Crippen molar-refractivity contribution in [3.05, 3.63) is 60.2 Å². The summed E-state index contributed by atoms with van der Waals surface area (Å²) in [5, 5.41) is 6.11. The minimum absolute atomic E-state index is 0.0193. The van der Waals surface area contributed by atoms with Crippen molar-refractivity contribution in [3.8, 4) is 17.2 Å². The zero-order valence-corrected chi connectivity index (χ0v) is 19.0. The van der Waals surface area contributed by atoms with Crippen LogP contribution in [0.15, 0.2) is 54.6 Å². The van der Waals surface area contributed by atoms with Crippen LogP contribution in [0, 0.1) is 0 Å². The normalized spacial score (nSPS) is 23.2. The smallest absolute Gasteiger partial charge is 0.258 e. The fraction of sp³-hybridized carbons (Fsp3) is 0.385.